The first-order chi connectivity index (χ1) is 8.66. The summed E-state index contributed by atoms with van der Waals surface area (Å²) in [6.45, 7) is 3.77. The summed E-state index contributed by atoms with van der Waals surface area (Å²) >= 11 is 5.80. The highest BCUT2D eigenvalue weighted by Crippen LogP contribution is 2.09. The average molecular weight is 305 g/mol. The molecule has 1 fully saturated rings. The van der Waals surface area contributed by atoms with Crippen molar-refractivity contribution in [3.8, 4) is 0 Å². The number of carbonyl (C=O) groups is 1. The first-order valence-corrected chi connectivity index (χ1v) is 6.42. The lowest BCUT2D eigenvalue weighted by atomic mass is 10.1. The Labute approximate surface area is 124 Å². The zero-order valence-corrected chi connectivity index (χ0v) is 12.3. The molecule has 2 N–H and O–H groups in total. The van der Waals surface area contributed by atoms with E-state index >= 15 is 0 Å². The minimum Gasteiger partial charge on any atom is -0.375 e. The number of morpholine rings is 1. The molecule has 4 nitrogen and oxygen atoms in total. The molecule has 1 aromatic carbocycles. The zero-order chi connectivity index (χ0) is 13.0. The third-order valence-electron chi connectivity index (χ3n) is 2.98. The van der Waals surface area contributed by atoms with Gasteiger partial charge in [-0.3, -0.25) is 4.79 Å². The number of carbonyl (C=O) groups excluding carboxylic acids is 1. The van der Waals surface area contributed by atoms with E-state index in [1.54, 1.807) is 0 Å². The first-order valence-electron chi connectivity index (χ1n) is 6.04. The van der Waals surface area contributed by atoms with Crippen molar-refractivity contribution in [3.63, 3.8) is 0 Å². The molecule has 0 spiro atoms. The summed E-state index contributed by atoms with van der Waals surface area (Å²) in [4.78, 5) is 12.0. The Morgan fingerprint density at radius 3 is 2.79 bits per heavy atom. The van der Waals surface area contributed by atoms with Crippen LogP contribution in [0.25, 0.3) is 0 Å². The van der Waals surface area contributed by atoms with Gasteiger partial charge in [-0.25, -0.2) is 0 Å². The normalized spacial score (nSPS) is 22.4. The Hall–Kier alpha value is -0.810. The molecule has 1 aliphatic heterocycles. The molecule has 0 bridgehead atoms. The molecule has 2 atom stereocenters. The van der Waals surface area contributed by atoms with Gasteiger partial charge >= 0.3 is 0 Å². The van der Waals surface area contributed by atoms with Crippen LogP contribution in [0.1, 0.15) is 12.5 Å². The molecule has 0 aliphatic carbocycles. The Kier molecular flexibility index (Phi) is 6.58. The van der Waals surface area contributed by atoms with Gasteiger partial charge in [0.25, 0.3) is 0 Å². The summed E-state index contributed by atoms with van der Waals surface area (Å²) in [6.07, 6.45) is -0.0935. The smallest absolute Gasteiger partial charge is 0.240 e. The fraction of sp³-hybridized carbons (Fsp3) is 0.462. The van der Waals surface area contributed by atoms with Gasteiger partial charge in [-0.15, -0.1) is 12.4 Å². The van der Waals surface area contributed by atoms with Crippen LogP contribution in [0.15, 0.2) is 24.3 Å². The van der Waals surface area contributed by atoms with Gasteiger partial charge in [-0.1, -0.05) is 23.7 Å². The van der Waals surface area contributed by atoms with Crippen LogP contribution in [0.2, 0.25) is 5.02 Å². The largest absolute Gasteiger partial charge is 0.375 e. The van der Waals surface area contributed by atoms with E-state index in [0.717, 1.165) is 5.56 Å². The standard InChI is InChI=1S/C13H17ClN2O2.ClH/c1-9-12(15-6-7-18-9)13(17)16-8-10-2-4-11(14)5-3-10;/h2-5,9,12,15H,6-8H2,1H3,(H,16,17);1H/t9-,12+;/m1./s1. The Balaban J connectivity index is 0.00000180. The van der Waals surface area contributed by atoms with Crippen LogP contribution in [0.5, 0.6) is 0 Å². The van der Waals surface area contributed by atoms with Gasteiger partial charge in [0, 0.05) is 18.1 Å². The lowest BCUT2D eigenvalue weighted by Crippen LogP contribution is -2.55. The number of benzene rings is 1. The Morgan fingerprint density at radius 2 is 2.16 bits per heavy atom. The maximum Gasteiger partial charge on any atom is 0.240 e. The Morgan fingerprint density at radius 1 is 1.47 bits per heavy atom. The van der Waals surface area contributed by atoms with Crippen LogP contribution in [0.3, 0.4) is 0 Å². The second-order valence-electron chi connectivity index (χ2n) is 4.35. The van der Waals surface area contributed by atoms with Gasteiger partial charge in [-0.05, 0) is 24.6 Å². The van der Waals surface area contributed by atoms with Crippen molar-refractivity contribution in [1.29, 1.82) is 0 Å². The molecular formula is C13H18Cl2N2O2. The molecule has 1 amide bonds. The quantitative estimate of drug-likeness (QED) is 0.894. The number of nitrogens with one attached hydrogen (secondary N) is 2. The zero-order valence-electron chi connectivity index (χ0n) is 10.7. The van der Waals surface area contributed by atoms with Gasteiger partial charge in [0.15, 0.2) is 0 Å². The lowest BCUT2D eigenvalue weighted by molar-refractivity contribution is -0.129. The van der Waals surface area contributed by atoms with Crippen LogP contribution in [-0.4, -0.2) is 31.2 Å². The van der Waals surface area contributed by atoms with Crippen molar-refractivity contribution in [2.45, 2.75) is 25.6 Å². The van der Waals surface area contributed by atoms with Crippen LogP contribution in [0, 0.1) is 0 Å². The highest BCUT2D eigenvalue weighted by atomic mass is 35.5. The average Bonchev–Trinajstić information content (AvgIpc) is 2.38. The number of ether oxygens (including phenoxy) is 1. The van der Waals surface area contributed by atoms with Crippen molar-refractivity contribution in [2.24, 2.45) is 0 Å². The van der Waals surface area contributed by atoms with Crippen molar-refractivity contribution in [1.82, 2.24) is 10.6 Å². The van der Waals surface area contributed by atoms with Crippen LogP contribution < -0.4 is 10.6 Å². The van der Waals surface area contributed by atoms with Crippen molar-refractivity contribution in [3.05, 3.63) is 34.9 Å². The molecule has 0 aromatic heterocycles. The van der Waals surface area contributed by atoms with Gasteiger partial charge in [0.05, 0.1) is 12.7 Å². The number of rotatable bonds is 3. The van der Waals surface area contributed by atoms with E-state index in [2.05, 4.69) is 10.6 Å². The second-order valence-corrected chi connectivity index (χ2v) is 4.79. The minimum absolute atomic E-state index is 0. The molecule has 106 valence electrons. The number of hydrogen-bond acceptors (Lipinski definition) is 3. The summed E-state index contributed by atoms with van der Waals surface area (Å²) in [6, 6.07) is 7.15. The van der Waals surface area contributed by atoms with Crippen LogP contribution in [-0.2, 0) is 16.1 Å². The van der Waals surface area contributed by atoms with Crippen molar-refractivity contribution >= 4 is 29.9 Å². The molecule has 19 heavy (non-hydrogen) atoms. The van der Waals surface area contributed by atoms with E-state index in [1.807, 2.05) is 31.2 Å². The van der Waals surface area contributed by atoms with Gasteiger partial charge in [-0.2, -0.15) is 0 Å². The fourth-order valence-electron chi connectivity index (χ4n) is 1.93. The van der Waals surface area contributed by atoms with E-state index in [0.29, 0.717) is 24.7 Å². The third kappa shape index (κ3) is 4.66. The first kappa shape index (κ1) is 16.2. The summed E-state index contributed by atoms with van der Waals surface area (Å²) < 4.78 is 5.44. The van der Waals surface area contributed by atoms with E-state index < -0.39 is 0 Å². The molecule has 1 aliphatic rings. The summed E-state index contributed by atoms with van der Waals surface area (Å²) in [7, 11) is 0. The van der Waals surface area contributed by atoms with Gasteiger partial charge in [0.1, 0.15) is 6.04 Å². The molecule has 0 unspecified atom stereocenters. The predicted octanol–water partition coefficient (Wildman–Crippen LogP) is 1.75. The Bertz CT molecular complexity index is 412. The summed E-state index contributed by atoms with van der Waals surface area (Å²) in [5, 5.41) is 6.75. The number of halogens is 2. The van der Waals surface area contributed by atoms with E-state index in [4.69, 9.17) is 16.3 Å². The monoisotopic (exact) mass is 304 g/mol. The molecule has 1 saturated heterocycles. The molecule has 0 saturated carbocycles. The van der Waals surface area contributed by atoms with Gasteiger partial charge in [0.2, 0.25) is 5.91 Å². The van der Waals surface area contributed by atoms with Crippen LogP contribution >= 0.6 is 24.0 Å². The third-order valence-corrected chi connectivity index (χ3v) is 3.23. The maximum atomic E-state index is 12.0. The second kappa shape index (κ2) is 7.70. The molecule has 1 aromatic rings. The van der Waals surface area contributed by atoms with E-state index in [9.17, 15) is 4.79 Å². The minimum atomic E-state index is -0.272. The molecule has 1 heterocycles. The van der Waals surface area contributed by atoms with E-state index in [1.165, 1.54) is 0 Å². The topological polar surface area (TPSA) is 50.4 Å². The van der Waals surface area contributed by atoms with Crippen LogP contribution in [0.4, 0.5) is 0 Å². The highest BCUT2D eigenvalue weighted by molar-refractivity contribution is 6.30. The van der Waals surface area contributed by atoms with Gasteiger partial charge < -0.3 is 15.4 Å². The summed E-state index contributed by atoms with van der Waals surface area (Å²) in [5.74, 6) is -0.0304. The van der Waals surface area contributed by atoms with Crippen molar-refractivity contribution < 1.29 is 9.53 Å². The fourth-order valence-corrected chi connectivity index (χ4v) is 2.05. The summed E-state index contributed by atoms with van der Waals surface area (Å²) in [5.41, 5.74) is 1.03. The molecule has 0 radical (unpaired) electrons. The molecule has 2 rings (SSSR count). The highest BCUT2D eigenvalue weighted by Gasteiger charge is 2.27. The van der Waals surface area contributed by atoms with Crippen molar-refractivity contribution in [2.75, 3.05) is 13.2 Å². The SMILES string of the molecule is C[C@H]1OCCN[C@@H]1C(=O)NCc1ccc(Cl)cc1.Cl. The number of amides is 1. The lowest BCUT2D eigenvalue weighted by Gasteiger charge is -2.29. The molecular weight excluding hydrogens is 287 g/mol. The predicted molar refractivity (Wildman–Crippen MR) is 77.8 cm³/mol. The molecule has 6 heteroatoms. The van der Waals surface area contributed by atoms with E-state index in [-0.39, 0.29) is 30.5 Å². The number of hydrogen-bond donors (Lipinski definition) is 2. The maximum absolute atomic E-state index is 12.0.